The highest BCUT2D eigenvalue weighted by Gasteiger charge is 2.18. The van der Waals surface area contributed by atoms with Crippen molar-refractivity contribution in [1.29, 1.82) is 0 Å². The number of para-hydroxylation sites is 1. The highest BCUT2D eigenvalue weighted by atomic mass is 15.0. The Morgan fingerprint density at radius 2 is 1.22 bits per heavy atom. The number of hydrogen-bond acceptors (Lipinski definition) is 0. The summed E-state index contributed by atoms with van der Waals surface area (Å²) >= 11 is 0. The molecule has 0 bridgehead atoms. The predicted molar refractivity (Wildman–Crippen MR) is 117 cm³/mol. The smallest absolute Gasteiger partial charge is 0.0547 e. The fourth-order valence-corrected chi connectivity index (χ4v) is 4.02. The van der Waals surface area contributed by atoms with E-state index in [1.807, 2.05) is 0 Å². The third-order valence-electron chi connectivity index (χ3n) is 5.51. The molecule has 132 valence electrons. The van der Waals surface area contributed by atoms with Crippen LogP contribution >= 0.6 is 0 Å². The van der Waals surface area contributed by atoms with Gasteiger partial charge in [-0.05, 0) is 52.1 Å². The lowest BCUT2D eigenvalue weighted by Crippen LogP contribution is -2.10. The first-order chi connectivity index (χ1) is 13.0. The molecule has 0 aliphatic heterocycles. The second kappa shape index (κ2) is 5.72. The molecule has 0 aliphatic rings. The molecule has 4 aromatic carbocycles. The van der Waals surface area contributed by atoms with Gasteiger partial charge in [0.15, 0.2) is 0 Å². The van der Waals surface area contributed by atoms with E-state index in [2.05, 4.69) is 110 Å². The van der Waals surface area contributed by atoms with Crippen LogP contribution in [0.5, 0.6) is 0 Å². The van der Waals surface area contributed by atoms with Crippen molar-refractivity contribution >= 4 is 32.6 Å². The summed E-state index contributed by atoms with van der Waals surface area (Å²) in [5.74, 6) is 0. The zero-order chi connectivity index (χ0) is 18.6. The second-order valence-corrected chi connectivity index (χ2v) is 8.37. The number of hydrogen-bond donors (Lipinski definition) is 0. The average molecular weight is 349 g/mol. The first kappa shape index (κ1) is 16.1. The molecule has 0 amide bonds. The van der Waals surface area contributed by atoms with E-state index in [1.54, 1.807) is 0 Å². The van der Waals surface area contributed by atoms with Gasteiger partial charge in [-0.1, -0.05) is 75.4 Å². The minimum Gasteiger partial charge on any atom is -0.309 e. The molecule has 5 rings (SSSR count). The van der Waals surface area contributed by atoms with Gasteiger partial charge in [0.2, 0.25) is 0 Å². The summed E-state index contributed by atoms with van der Waals surface area (Å²) in [6.07, 6.45) is 0. The van der Waals surface area contributed by atoms with Crippen molar-refractivity contribution in [2.45, 2.75) is 26.2 Å². The summed E-state index contributed by atoms with van der Waals surface area (Å²) in [4.78, 5) is 0. The molecule has 1 heterocycles. The van der Waals surface area contributed by atoms with E-state index in [0.29, 0.717) is 0 Å². The Hall–Kier alpha value is -3.06. The van der Waals surface area contributed by atoms with Crippen LogP contribution in [0.25, 0.3) is 38.3 Å². The standard InChI is InChI=1S/C26H23N/c1-26(2,3)20-13-14-22-23-15-18-9-7-8-10-19(18)16-24(23)27(25(22)17-20)21-11-5-4-6-12-21/h4-17H,1-3H3. The van der Waals surface area contributed by atoms with Crippen LogP contribution < -0.4 is 0 Å². The maximum absolute atomic E-state index is 2.41. The Bertz CT molecular complexity index is 1280. The van der Waals surface area contributed by atoms with Gasteiger partial charge < -0.3 is 4.57 Å². The lowest BCUT2D eigenvalue weighted by atomic mass is 9.86. The number of rotatable bonds is 1. The summed E-state index contributed by atoms with van der Waals surface area (Å²) in [5.41, 5.74) is 5.23. The van der Waals surface area contributed by atoms with Crippen LogP contribution in [0, 0.1) is 0 Å². The summed E-state index contributed by atoms with van der Waals surface area (Å²) < 4.78 is 2.41. The molecule has 0 spiro atoms. The van der Waals surface area contributed by atoms with Gasteiger partial charge in [0.05, 0.1) is 11.0 Å². The zero-order valence-corrected chi connectivity index (χ0v) is 16.0. The predicted octanol–water partition coefficient (Wildman–Crippen LogP) is 7.23. The third kappa shape index (κ3) is 2.54. The normalized spacial score (nSPS) is 12.3. The molecule has 1 heteroatoms. The molecule has 1 nitrogen and oxygen atoms in total. The van der Waals surface area contributed by atoms with Crippen LogP contribution in [-0.4, -0.2) is 4.57 Å². The lowest BCUT2D eigenvalue weighted by molar-refractivity contribution is 0.591. The van der Waals surface area contributed by atoms with Crippen molar-refractivity contribution in [3.05, 3.63) is 90.5 Å². The molecule has 0 radical (unpaired) electrons. The van der Waals surface area contributed by atoms with Crippen LogP contribution in [0.4, 0.5) is 0 Å². The van der Waals surface area contributed by atoms with Gasteiger partial charge >= 0.3 is 0 Å². The minimum atomic E-state index is 0.122. The molecular weight excluding hydrogens is 326 g/mol. The van der Waals surface area contributed by atoms with E-state index < -0.39 is 0 Å². The van der Waals surface area contributed by atoms with Crippen LogP contribution in [-0.2, 0) is 5.41 Å². The van der Waals surface area contributed by atoms with Crippen molar-refractivity contribution in [1.82, 2.24) is 4.57 Å². The summed E-state index contributed by atoms with van der Waals surface area (Å²) in [6, 6.07) is 30.9. The number of fused-ring (bicyclic) bond motifs is 4. The van der Waals surface area contributed by atoms with Crippen molar-refractivity contribution < 1.29 is 0 Å². The van der Waals surface area contributed by atoms with E-state index in [0.717, 1.165) is 0 Å². The fourth-order valence-electron chi connectivity index (χ4n) is 4.02. The monoisotopic (exact) mass is 349 g/mol. The van der Waals surface area contributed by atoms with Crippen LogP contribution in [0.2, 0.25) is 0 Å². The van der Waals surface area contributed by atoms with Gasteiger partial charge in [0.25, 0.3) is 0 Å². The number of nitrogens with zero attached hydrogens (tertiary/aromatic N) is 1. The highest BCUT2D eigenvalue weighted by Crippen LogP contribution is 2.36. The quantitative estimate of drug-likeness (QED) is 0.301. The Labute approximate surface area is 159 Å². The Kier molecular flexibility index (Phi) is 3.42. The average Bonchev–Trinajstić information content (AvgIpc) is 2.99. The molecular formula is C26H23N. The van der Waals surface area contributed by atoms with Crippen molar-refractivity contribution in [3.63, 3.8) is 0 Å². The van der Waals surface area contributed by atoms with Crippen molar-refractivity contribution in [2.24, 2.45) is 0 Å². The van der Waals surface area contributed by atoms with E-state index in [-0.39, 0.29) is 5.41 Å². The Morgan fingerprint density at radius 3 is 1.93 bits per heavy atom. The molecule has 0 saturated heterocycles. The van der Waals surface area contributed by atoms with Crippen molar-refractivity contribution in [2.75, 3.05) is 0 Å². The van der Waals surface area contributed by atoms with E-state index in [4.69, 9.17) is 0 Å². The largest absolute Gasteiger partial charge is 0.309 e. The van der Waals surface area contributed by atoms with Crippen LogP contribution in [0.1, 0.15) is 26.3 Å². The van der Waals surface area contributed by atoms with E-state index in [9.17, 15) is 0 Å². The van der Waals surface area contributed by atoms with Crippen LogP contribution in [0.3, 0.4) is 0 Å². The molecule has 0 fully saturated rings. The fraction of sp³-hybridized carbons (Fsp3) is 0.154. The third-order valence-corrected chi connectivity index (χ3v) is 5.51. The van der Waals surface area contributed by atoms with Gasteiger partial charge in [-0.2, -0.15) is 0 Å². The Balaban J connectivity index is 1.98. The van der Waals surface area contributed by atoms with Gasteiger partial charge in [-0.15, -0.1) is 0 Å². The molecule has 0 aliphatic carbocycles. The van der Waals surface area contributed by atoms with E-state index >= 15 is 0 Å². The SMILES string of the molecule is CC(C)(C)c1ccc2c3cc4ccccc4cc3n(-c3ccccc3)c2c1. The molecule has 5 aromatic rings. The van der Waals surface area contributed by atoms with Gasteiger partial charge in [0.1, 0.15) is 0 Å². The topological polar surface area (TPSA) is 4.93 Å². The first-order valence-corrected chi connectivity index (χ1v) is 9.55. The molecule has 0 saturated carbocycles. The molecule has 27 heavy (non-hydrogen) atoms. The number of benzene rings is 4. The summed E-state index contributed by atoms with van der Waals surface area (Å²) in [6.45, 7) is 6.83. The second-order valence-electron chi connectivity index (χ2n) is 8.37. The minimum absolute atomic E-state index is 0.122. The number of aromatic nitrogens is 1. The maximum Gasteiger partial charge on any atom is 0.0547 e. The van der Waals surface area contributed by atoms with Crippen LogP contribution in [0.15, 0.2) is 84.9 Å². The Morgan fingerprint density at radius 1 is 0.593 bits per heavy atom. The highest BCUT2D eigenvalue weighted by molar-refractivity contribution is 6.13. The molecule has 1 aromatic heterocycles. The van der Waals surface area contributed by atoms with Crippen molar-refractivity contribution in [3.8, 4) is 5.69 Å². The van der Waals surface area contributed by atoms with E-state index in [1.165, 1.54) is 43.8 Å². The summed E-state index contributed by atoms with van der Waals surface area (Å²) in [5, 5.41) is 5.19. The summed E-state index contributed by atoms with van der Waals surface area (Å²) in [7, 11) is 0. The van der Waals surface area contributed by atoms with Gasteiger partial charge in [0, 0.05) is 16.5 Å². The van der Waals surface area contributed by atoms with Gasteiger partial charge in [-0.25, -0.2) is 0 Å². The molecule has 0 N–H and O–H groups in total. The maximum atomic E-state index is 2.41. The molecule has 0 unspecified atom stereocenters. The lowest BCUT2D eigenvalue weighted by Gasteiger charge is -2.19. The van der Waals surface area contributed by atoms with Gasteiger partial charge in [-0.3, -0.25) is 0 Å². The zero-order valence-electron chi connectivity index (χ0n) is 16.0. The first-order valence-electron chi connectivity index (χ1n) is 9.55. The molecule has 0 atom stereocenters.